The average Bonchev–Trinajstić information content (AvgIpc) is 3.16. The Hall–Kier alpha value is -3.93. The molecule has 1 atom stereocenters. The van der Waals surface area contributed by atoms with Gasteiger partial charge in [0.2, 0.25) is 11.8 Å². The Balaban J connectivity index is 0.000000206. The number of likely N-dealkylation sites (tertiary alicyclic amines) is 1. The van der Waals surface area contributed by atoms with Gasteiger partial charge in [-0.3, -0.25) is 14.4 Å². The van der Waals surface area contributed by atoms with Crippen molar-refractivity contribution in [3.8, 4) is 11.1 Å². The zero-order valence-corrected chi connectivity index (χ0v) is 21.4. The molecule has 3 N–H and O–H groups in total. The van der Waals surface area contributed by atoms with Crippen LogP contribution in [0.5, 0.6) is 0 Å². The average molecular weight is 501 g/mol. The molecule has 6 heteroatoms. The summed E-state index contributed by atoms with van der Waals surface area (Å²) in [5.41, 5.74) is 11.0. The van der Waals surface area contributed by atoms with Crippen molar-refractivity contribution < 1.29 is 19.5 Å². The van der Waals surface area contributed by atoms with E-state index < -0.39 is 5.97 Å². The largest absolute Gasteiger partial charge is 0.481 e. The Morgan fingerprint density at radius 1 is 0.838 bits per heavy atom. The van der Waals surface area contributed by atoms with Crippen molar-refractivity contribution in [1.29, 1.82) is 0 Å². The molecule has 3 aromatic rings. The molecule has 1 aliphatic rings. The lowest BCUT2D eigenvalue weighted by molar-refractivity contribution is -0.137. The van der Waals surface area contributed by atoms with Crippen LogP contribution < -0.4 is 5.73 Å². The van der Waals surface area contributed by atoms with E-state index in [1.807, 2.05) is 59.5 Å². The predicted molar refractivity (Wildman–Crippen MR) is 146 cm³/mol. The number of hydrogen-bond acceptors (Lipinski definition) is 3. The van der Waals surface area contributed by atoms with Gasteiger partial charge in [-0.2, -0.15) is 0 Å². The maximum atomic E-state index is 12.2. The Morgan fingerprint density at radius 3 is 2.05 bits per heavy atom. The number of aryl methyl sites for hydroxylation is 2. The van der Waals surface area contributed by atoms with Crippen molar-refractivity contribution >= 4 is 17.8 Å². The third kappa shape index (κ3) is 9.22. The van der Waals surface area contributed by atoms with E-state index in [1.165, 1.54) is 11.1 Å². The molecule has 1 aliphatic heterocycles. The fourth-order valence-electron chi connectivity index (χ4n) is 4.37. The second-order valence-corrected chi connectivity index (χ2v) is 9.53. The van der Waals surface area contributed by atoms with Gasteiger partial charge >= 0.3 is 5.97 Å². The fourth-order valence-corrected chi connectivity index (χ4v) is 4.37. The monoisotopic (exact) mass is 500 g/mol. The minimum absolute atomic E-state index is 0.0745. The first-order chi connectivity index (χ1) is 17.8. The highest BCUT2D eigenvalue weighted by Crippen LogP contribution is 2.21. The molecule has 1 unspecified atom stereocenters. The van der Waals surface area contributed by atoms with Crippen molar-refractivity contribution in [1.82, 2.24) is 4.90 Å². The SMILES string of the molecule is Cc1ccc(-c2ccc(CCC(=O)O)cc2)cc1.NC(=O)C1CCCN(C(=O)Cc2ccccc2)CC1. The first-order valence-electron chi connectivity index (χ1n) is 12.8. The summed E-state index contributed by atoms with van der Waals surface area (Å²) in [5, 5.41) is 8.63. The Bertz CT molecular complexity index is 1160. The standard InChI is InChI=1S/C16H16O2.C15H20N2O2/c1-12-2-7-14(8-3-12)15-9-4-13(5-10-15)6-11-16(17)18;16-15(19)13-7-4-9-17(10-8-13)14(18)11-12-5-2-1-3-6-12/h2-5,7-10H,6,11H2,1H3,(H,17,18);1-3,5-6,13H,4,7-11H2,(H2,16,19). The number of carbonyl (C=O) groups is 3. The molecule has 0 bridgehead atoms. The maximum absolute atomic E-state index is 12.2. The molecular weight excluding hydrogens is 464 g/mol. The first-order valence-corrected chi connectivity index (χ1v) is 12.8. The van der Waals surface area contributed by atoms with Crippen LogP contribution in [0.4, 0.5) is 0 Å². The molecule has 194 valence electrons. The third-order valence-corrected chi connectivity index (χ3v) is 6.65. The van der Waals surface area contributed by atoms with Crippen LogP contribution in [0.15, 0.2) is 78.9 Å². The number of hydrogen-bond donors (Lipinski definition) is 2. The van der Waals surface area contributed by atoms with Crippen LogP contribution in [0, 0.1) is 12.8 Å². The lowest BCUT2D eigenvalue weighted by atomic mass is 10.0. The van der Waals surface area contributed by atoms with E-state index in [1.54, 1.807) is 0 Å². The summed E-state index contributed by atoms with van der Waals surface area (Å²) in [6.45, 7) is 3.44. The van der Waals surface area contributed by atoms with Crippen LogP contribution in [-0.4, -0.2) is 40.9 Å². The summed E-state index contributed by atoms with van der Waals surface area (Å²) in [7, 11) is 0. The lowest BCUT2D eigenvalue weighted by Crippen LogP contribution is -2.33. The van der Waals surface area contributed by atoms with E-state index in [4.69, 9.17) is 10.8 Å². The summed E-state index contributed by atoms with van der Waals surface area (Å²) in [6, 6.07) is 26.2. The lowest BCUT2D eigenvalue weighted by Gasteiger charge is -2.20. The van der Waals surface area contributed by atoms with Gasteiger partial charge in [0.25, 0.3) is 0 Å². The molecule has 0 radical (unpaired) electrons. The van der Waals surface area contributed by atoms with Crippen LogP contribution >= 0.6 is 0 Å². The molecule has 0 aliphatic carbocycles. The van der Waals surface area contributed by atoms with E-state index in [9.17, 15) is 14.4 Å². The maximum Gasteiger partial charge on any atom is 0.303 e. The molecule has 0 aromatic heterocycles. The molecule has 0 saturated carbocycles. The van der Waals surface area contributed by atoms with Gasteiger partial charge in [-0.05, 0) is 54.9 Å². The van der Waals surface area contributed by atoms with Gasteiger partial charge < -0.3 is 15.7 Å². The summed E-state index contributed by atoms with van der Waals surface area (Å²) in [6.07, 6.45) is 3.55. The molecular formula is C31H36N2O4. The normalized spacial score (nSPS) is 15.2. The number of rotatable bonds is 7. The second kappa shape index (κ2) is 14.0. The number of carboxylic acid groups (broad SMARTS) is 1. The number of primary amides is 1. The number of nitrogens with two attached hydrogens (primary N) is 1. The number of amides is 2. The smallest absolute Gasteiger partial charge is 0.303 e. The predicted octanol–water partition coefficient (Wildman–Crippen LogP) is 5.02. The second-order valence-electron chi connectivity index (χ2n) is 9.53. The van der Waals surface area contributed by atoms with Crippen molar-refractivity contribution in [2.24, 2.45) is 11.7 Å². The Kier molecular flexibility index (Phi) is 10.4. The topological polar surface area (TPSA) is 101 Å². The Labute approximate surface area is 219 Å². The molecule has 1 fully saturated rings. The van der Waals surface area contributed by atoms with Crippen LogP contribution in [0.3, 0.4) is 0 Å². The van der Waals surface area contributed by atoms with Crippen LogP contribution in [0.2, 0.25) is 0 Å². The molecule has 3 aromatic carbocycles. The van der Waals surface area contributed by atoms with Gasteiger partial charge in [0.1, 0.15) is 0 Å². The zero-order valence-electron chi connectivity index (χ0n) is 21.4. The van der Waals surface area contributed by atoms with E-state index in [0.717, 1.165) is 36.1 Å². The number of nitrogens with zero attached hydrogens (tertiary/aromatic N) is 1. The summed E-state index contributed by atoms with van der Waals surface area (Å²) >= 11 is 0. The number of carbonyl (C=O) groups excluding carboxylic acids is 2. The Morgan fingerprint density at radius 2 is 1.46 bits per heavy atom. The van der Waals surface area contributed by atoms with Gasteiger partial charge in [-0.25, -0.2) is 0 Å². The van der Waals surface area contributed by atoms with Crippen molar-refractivity contribution in [3.05, 3.63) is 95.6 Å². The van der Waals surface area contributed by atoms with Gasteiger partial charge in [-0.15, -0.1) is 0 Å². The first kappa shape index (κ1) is 27.7. The third-order valence-electron chi connectivity index (χ3n) is 6.65. The van der Waals surface area contributed by atoms with E-state index >= 15 is 0 Å². The molecule has 1 saturated heterocycles. The summed E-state index contributed by atoms with van der Waals surface area (Å²) < 4.78 is 0. The van der Waals surface area contributed by atoms with E-state index in [0.29, 0.717) is 25.8 Å². The van der Waals surface area contributed by atoms with Crippen molar-refractivity contribution in [2.45, 2.75) is 45.4 Å². The highest BCUT2D eigenvalue weighted by molar-refractivity contribution is 5.79. The molecule has 0 spiro atoms. The summed E-state index contributed by atoms with van der Waals surface area (Å²) in [5.74, 6) is -0.930. The van der Waals surface area contributed by atoms with Gasteiger partial charge in [0.05, 0.1) is 6.42 Å². The van der Waals surface area contributed by atoms with Gasteiger partial charge in [0, 0.05) is 25.4 Å². The van der Waals surface area contributed by atoms with Gasteiger partial charge in [-0.1, -0.05) is 84.4 Å². The van der Waals surface area contributed by atoms with Crippen molar-refractivity contribution in [2.75, 3.05) is 13.1 Å². The number of carboxylic acids is 1. The van der Waals surface area contributed by atoms with Crippen LogP contribution in [0.1, 0.15) is 42.4 Å². The summed E-state index contributed by atoms with van der Waals surface area (Å²) in [4.78, 5) is 35.8. The molecule has 4 rings (SSSR count). The molecule has 6 nitrogen and oxygen atoms in total. The number of aliphatic carboxylic acids is 1. The quantitative estimate of drug-likeness (QED) is 0.476. The minimum atomic E-state index is -0.752. The van der Waals surface area contributed by atoms with E-state index in [2.05, 4.69) is 31.2 Å². The van der Waals surface area contributed by atoms with Gasteiger partial charge in [0.15, 0.2) is 0 Å². The minimum Gasteiger partial charge on any atom is -0.481 e. The fraction of sp³-hybridized carbons (Fsp3) is 0.323. The van der Waals surface area contributed by atoms with Crippen LogP contribution in [0.25, 0.3) is 11.1 Å². The molecule has 1 heterocycles. The van der Waals surface area contributed by atoms with Crippen LogP contribution in [-0.2, 0) is 27.2 Å². The molecule has 2 amide bonds. The number of benzene rings is 3. The highest BCUT2D eigenvalue weighted by Gasteiger charge is 2.23. The van der Waals surface area contributed by atoms with E-state index in [-0.39, 0.29) is 24.2 Å². The highest BCUT2D eigenvalue weighted by atomic mass is 16.4. The van der Waals surface area contributed by atoms with Crippen molar-refractivity contribution in [3.63, 3.8) is 0 Å². The zero-order chi connectivity index (χ0) is 26.6. The molecule has 37 heavy (non-hydrogen) atoms.